The Hall–Kier alpha value is -1.50. The number of benzene rings is 1. The lowest BCUT2D eigenvalue weighted by Crippen LogP contribution is -2.44. The van der Waals surface area contributed by atoms with Gasteiger partial charge in [-0.2, -0.15) is 0 Å². The van der Waals surface area contributed by atoms with Crippen molar-refractivity contribution in [2.45, 2.75) is 50.7 Å². The smallest absolute Gasteiger partial charge is 0.115 e. The van der Waals surface area contributed by atoms with Crippen molar-refractivity contribution in [3.05, 3.63) is 29.3 Å². The van der Waals surface area contributed by atoms with Gasteiger partial charge in [-0.3, -0.25) is 0 Å². The van der Waals surface area contributed by atoms with Gasteiger partial charge in [0.05, 0.1) is 12.2 Å². The van der Waals surface area contributed by atoms with E-state index in [1.54, 1.807) is 12.1 Å². The fourth-order valence-corrected chi connectivity index (χ4v) is 5.76. The standard InChI is InChI=1S/C20H24O3/c1-3-11-8-17-15-10-18(22)16-9-12(21)4-5-13(16)14(15)6-7-20(17,2)19(11)23/h1,4-5,9,11,14-15,17-19,21-23H,6-8,10H2,2H3/t11?,14-,15-,17+,18+,19+,20+/m1/s1. The highest BCUT2D eigenvalue weighted by Gasteiger charge is 2.58. The third kappa shape index (κ3) is 1.98. The van der Waals surface area contributed by atoms with E-state index in [0.29, 0.717) is 24.2 Å². The average molecular weight is 312 g/mol. The number of terminal acetylenes is 1. The Kier molecular flexibility index (Phi) is 3.27. The molecule has 3 heteroatoms. The second-order valence-electron chi connectivity index (χ2n) is 7.94. The Bertz CT molecular complexity index is 676. The van der Waals surface area contributed by atoms with Crippen molar-refractivity contribution in [1.82, 2.24) is 0 Å². The minimum atomic E-state index is -0.539. The van der Waals surface area contributed by atoms with E-state index in [1.165, 1.54) is 5.56 Å². The molecule has 0 spiro atoms. The number of aliphatic hydroxyl groups excluding tert-OH is 2. The highest BCUT2D eigenvalue weighted by atomic mass is 16.3. The lowest BCUT2D eigenvalue weighted by molar-refractivity contribution is -0.0409. The zero-order valence-electron chi connectivity index (χ0n) is 13.4. The molecule has 3 N–H and O–H groups in total. The Morgan fingerprint density at radius 3 is 2.74 bits per heavy atom. The number of hydrogen-bond donors (Lipinski definition) is 3. The highest BCUT2D eigenvalue weighted by molar-refractivity contribution is 5.41. The molecule has 122 valence electrons. The molecule has 0 amide bonds. The van der Waals surface area contributed by atoms with Crippen molar-refractivity contribution in [2.24, 2.45) is 23.2 Å². The summed E-state index contributed by atoms with van der Waals surface area (Å²) in [6.45, 7) is 2.18. The van der Waals surface area contributed by atoms with Gasteiger partial charge in [-0.15, -0.1) is 12.3 Å². The molecule has 2 fully saturated rings. The second-order valence-corrected chi connectivity index (χ2v) is 7.94. The average Bonchev–Trinajstić information content (AvgIpc) is 2.80. The molecule has 23 heavy (non-hydrogen) atoms. The molecule has 3 nitrogen and oxygen atoms in total. The number of aromatic hydroxyl groups is 1. The molecule has 0 saturated heterocycles. The first-order chi connectivity index (χ1) is 11.0. The van der Waals surface area contributed by atoms with Crippen LogP contribution >= 0.6 is 0 Å². The molecule has 1 unspecified atom stereocenters. The van der Waals surface area contributed by atoms with Crippen molar-refractivity contribution < 1.29 is 15.3 Å². The monoisotopic (exact) mass is 312 g/mol. The minimum Gasteiger partial charge on any atom is -0.508 e. The summed E-state index contributed by atoms with van der Waals surface area (Å²) in [5.41, 5.74) is 1.92. The van der Waals surface area contributed by atoms with Crippen LogP contribution in [-0.4, -0.2) is 21.4 Å². The van der Waals surface area contributed by atoms with Gasteiger partial charge in [-0.05, 0) is 72.1 Å². The van der Waals surface area contributed by atoms with Crippen LogP contribution in [0.3, 0.4) is 0 Å². The van der Waals surface area contributed by atoms with Crippen LogP contribution in [-0.2, 0) is 0 Å². The summed E-state index contributed by atoms with van der Waals surface area (Å²) in [4.78, 5) is 0. The topological polar surface area (TPSA) is 60.7 Å². The predicted octanol–water partition coefficient (Wildman–Crippen LogP) is 2.96. The van der Waals surface area contributed by atoms with E-state index in [9.17, 15) is 15.3 Å². The minimum absolute atomic E-state index is 0.0675. The normalized spacial score (nSPS) is 44.8. The first-order valence-electron chi connectivity index (χ1n) is 8.60. The van der Waals surface area contributed by atoms with Crippen LogP contribution in [0.5, 0.6) is 5.75 Å². The molecule has 2 saturated carbocycles. The number of phenolic OH excluding ortho intramolecular Hbond substituents is 1. The second kappa shape index (κ2) is 5.00. The van der Waals surface area contributed by atoms with Crippen LogP contribution in [0.4, 0.5) is 0 Å². The van der Waals surface area contributed by atoms with Gasteiger partial charge in [-0.1, -0.05) is 13.0 Å². The molecule has 3 aliphatic carbocycles. The van der Waals surface area contributed by atoms with Crippen molar-refractivity contribution >= 4 is 0 Å². The number of fused-ring (bicyclic) bond motifs is 5. The summed E-state index contributed by atoms with van der Waals surface area (Å²) in [6.07, 6.45) is 8.20. The van der Waals surface area contributed by atoms with E-state index in [4.69, 9.17) is 6.42 Å². The lowest BCUT2D eigenvalue weighted by atomic mass is 9.55. The van der Waals surface area contributed by atoms with Gasteiger partial charge in [0.1, 0.15) is 5.75 Å². The first kappa shape index (κ1) is 15.1. The third-order valence-electron chi connectivity index (χ3n) is 6.98. The Morgan fingerprint density at radius 1 is 1.22 bits per heavy atom. The Balaban J connectivity index is 1.74. The number of aliphatic hydroxyl groups is 2. The van der Waals surface area contributed by atoms with E-state index in [2.05, 4.69) is 12.8 Å². The van der Waals surface area contributed by atoms with E-state index in [-0.39, 0.29) is 17.1 Å². The van der Waals surface area contributed by atoms with Crippen LogP contribution in [0.2, 0.25) is 0 Å². The van der Waals surface area contributed by atoms with Crippen molar-refractivity contribution in [3.8, 4) is 18.1 Å². The van der Waals surface area contributed by atoms with Crippen molar-refractivity contribution in [1.29, 1.82) is 0 Å². The summed E-state index contributed by atoms with van der Waals surface area (Å²) in [5.74, 6) is 4.04. The van der Waals surface area contributed by atoms with E-state index < -0.39 is 12.2 Å². The lowest BCUT2D eigenvalue weighted by Gasteiger charge is -2.50. The zero-order valence-corrected chi connectivity index (χ0v) is 13.4. The Morgan fingerprint density at radius 2 is 2.00 bits per heavy atom. The molecule has 0 heterocycles. The van der Waals surface area contributed by atoms with Crippen LogP contribution in [0, 0.1) is 35.5 Å². The molecule has 1 aromatic carbocycles. The molecule has 0 bridgehead atoms. The molecule has 3 aliphatic rings. The summed E-state index contributed by atoms with van der Waals surface area (Å²) in [6, 6.07) is 5.39. The van der Waals surface area contributed by atoms with Gasteiger partial charge in [0.15, 0.2) is 0 Å². The molecular weight excluding hydrogens is 288 g/mol. The molecule has 0 aromatic heterocycles. The number of rotatable bonds is 0. The summed E-state index contributed by atoms with van der Waals surface area (Å²) in [5, 5.41) is 31.0. The van der Waals surface area contributed by atoms with Gasteiger partial charge < -0.3 is 15.3 Å². The Labute approximate surface area is 137 Å². The molecule has 4 rings (SSSR count). The van der Waals surface area contributed by atoms with Crippen LogP contribution in [0.25, 0.3) is 0 Å². The maximum Gasteiger partial charge on any atom is 0.115 e. The molecular formula is C20H24O3. The summed E-state index contributed by atoms with van der Waals surface area (Å²) in [7, 11) is 0. The SMILES string of the molecule is C#CC1C[C@H]2[C@@H]3C[C@H](O)c4cc(O)ccc4[C@H]3CC[C@]2(C)[C@H]1O. The highest BCUT2D eigenvalue weighted by Crippen LogP contribution is 2.63. The maximum absolute atomic E-state index is 10.7. The largest absolute Gasteiger partial charge is 0.508 e. The van der Waals surface area contributed by atoms with Crippen molar-refractivity contribution in [3.63, 3.8) is 0 Å². The van der Waals surface area contributed by atoms with Crippen molar-refractivity contribution in [2.75, 3.05) is 0 Å². The van der Waals surface area contributed by atoms with Crippen LogP contribution < -0.4 is 0 Å². The number of phenols is 1. The summed E-state index contributed by atoms with van der Waals surface area (Å²) >= 11 is 0. The van der Waals surface area contributed by atoms with E-state index in [0.717, 1.165) is 24.8 Å². The first-order valence-corrected chi connectivity index (χ1v) is 8.60. The van der Waals surface area contributed by atoms with Gasteiger partial charge in [-0.25, -0.2) is 0 Å². The maximum atomic E-state index is 10.7. The molecule has 0 aliphatic heterocycles. The van der Waals surface area contributed by atoms with Gasteiger partial charge in [0.25, 0.3) is 0 Å². The molecule has 0 radical (unpaired) electrons. The van der Waals surface area contributed by atoms with Crippen LogP contribution in [0.1, 0.15) is 55.8 Å². The number of hydrogen-bond acceptors (Lipinski definition) is 3. The van der Waals surface area contributed by atoms with Gasteiger partial charge in [0, 0.05) is 5.92 Å². The fraction of sp³-hybridized carbons (Fsp3) is 0.600. The summed E-state index contributed by atoms with van der Waals surface area (Å²) < 4.78 is 0. The van der Waals surface area contributed by atoms with E-state index in [1.807, 2.05) is 6.07 Å². The predicted molar refractivity (Wildman–Crippen MR) is 87.7 cm³/mol. The molecule has 7 atom stereocenters. The van der Waals surface area contributed by atoms with E-state index >= 15 is 0 Å². The quantitative estimate of drug-likeness (QED) is 0.646. The molecule has 1 aromatic rings. The van der Waals surface area contributed by atoms with Gasteiger partial charge >= 0.3 is 0 Å². The zero-order chi connectivity index (χ0) is 16.4. The third-order valence-corrected chi connectivity index (χ3v) is 6.98. The van der Waals surface area contributed by atoms with Crippen LogP contribution in [0.15, 0.2) is 18.2 Å². The fourth-order valence-electron chi connectivity index (χ4n) is 5.76. The van der Waals surface area contributed by atoms with Gasteiger partial charge in [0.2, 0.25) is 0 Å².